The molecule has 2 aliphatic carbocycles. The zero-order valence-corrected chi connectivity index (χ0v) is 12.5. The van der Waals surface area contributed by atoms with E-state index < -0.39 is 29.4 Å². The van der Waals surface area contributed by atoms with Crippen molar-refractivity contribution in [2.45, 2.75) is 11.5 Å². The summed E-state index contributed by atoms with van der Waals surface area (Å²) in [6.45, 7) is 0. The maximum Gasteiger partial charge on any atom is 0.320 e. The van der Waals surface area contributed by atoms with E-state index in [0.717, 1.165) is 22.3 Å². The van der Waals surface area contributed by atoms with Crippen molar-refractivity contribution in [1.29, 1.82) is 0 Å². The van der Waals surface area contributed by atoms with Gasteiger partial charge in [-0.15, -0.1) is 0 Å². The number of benzene rings is 2. The van der Waals surface area contributed by atoms with Gasteiger partial charge in [0.2, 0.25) is 0 Å². The molecule has 1 saturated heterocycles. The average molecular weight is 306 g/mol. The predicted molar refractivity (Wildman–Crippen MR) is 81.4 cm³/mol. The van der Waals surface area contributed by atoms with E-state index in [0.29, 0.717) is 0 Å². The Morgan fingerprint density at radius 2 is 1.61 bits per heavy atom. The molecule has 3 aliphatic rings. The summed E-state index contributed by atoms with van der Waals surface area (Å²) in [7, 11) is 1.62. The predicted octanol–water partition coefficient (Wildman–Crippen LogP) is 2.62. The molecule has 5 rings (SSSR count). The maximum atomic E-state index is 12.3. The largest absolute Gasteiger partial charge is 0.393 e. The Labute approximate surface area is 133 Å². The molecule has 114 valence electrons. The van der Waals surface area contributed by atoms with Crippen LogP contribution in [0.5, 0.6) is 0 Å². The van der Waals surface area contributed by atoms with Gasteiger partial charge in [0.25, 0.3) is 0 Å². The normalized spacial score (nSPS) is 33.0. The van der Waals surface area contributed by atoms with Crippen LogP contribution >= 0.6 is 0 Å². The summed E-state index contributed by atoms with van der Waals surface area (Å²) >= 11 is 0. The van der Waals surface area contributed by atoms with Gasteiger partial charge >= 0.3 is 11.9 Å². The fraction of sp³-hybridized carbons (Fsp3) is 0.263. The van der Waals surface area contributed by atoms with E-state index in [1.54, 1.807) is 7.11 Å². The number of esters is 2. The van der Waals surface area contributed by atoms with Crippen molar-refractivity contribution in [3.05, 3.63) is 59.7 Å². The second kappa shape index (κ2) is 4.09. The van der Waals surface area contributed by atoms with Crippen LogP contribution in [0.3, 0.4) is 0 Å². The zero-order chi connectivity index (χ0) is 15.8. The van der Waals surface area contributed by atoms with Gasteiger partial charge in [0.1, 0.15) is 11.5 Å². The van der Waals surface area contributed by atoms with Crippen LogP contribution in [0, 0.1) is 11.8 Å². The second-order valence-corrected chi connectivity index (χ2v) is 6.35. The van der Waals surface area contributed by atoms with Crippen LogP contribution in [0.4, 0.5) is 0 Å². The summed E-state index contributed by atoms with van der Waals surface area (Å²) in [4.78, 5) is 24.4. The molecule has 1 heterocycles. The fourth-order valence-corrected chi connectivity index (χ4v) is 4.82. The Hall–Kier alpha value is -2.46. The topological polar surface area (TPSA) is 52.6 Å². The van der Waals surface area contributed by atoms with E-state index in [1.165, 1.54) is 0 Å². The smallest absolute Gasteiger partial charge is 0.320 e. The van der Waals surface area contributed by atoms with E-state index in [-0.39, 0.29) is 5.92 Å². The van der Waals surface area contributed by atoms with Crippen LogP contribution in [0.1, 0.15) is 17.0 Å². The highest BCUT2D eigenvalue weighted by Gasteiger charge is 2.75. The molecule has 0 radical (unpaired) electrons. The van der Waals surface area contributed by atoms with E-state index in [2.05, 4.69) is 6.07 Å². The molecule has 2 aromatic rings. The maximum absolute atomic E-state index is 12.3. The van der Waals surface area contributed by atoms with Gasteiger partial charge in [0.15, 0.2) is 0 Å². The quantitative estimate of drug-likeness (QED) is 0.600. The molecule has 1 saturated carbocycles. The van der Waals surface area contributed by atoms with Crippen molar-refractivity contribution in [2.24, 2.45) is 11.8 Å². The van der Waals surface area contributed by atoms with E-state index in [1.807, 2.05) is 42.5 Å². The van der Waals surface area contributed by atoms with Crippen molar-refractivity contribution < 1.29 is 19.1 Å². The van der Waals surface area contributed by atoms with E-state index in [9.17, 15) is 9.59 Å². The number of rotatable bonds is 1. The van der Waals surface area contributed by atoms with Gasteiger partial charge in [-0.1, -0.05) is 48.5 Å². The van der Waals surface area contributed by atoms with Gasteiger partial charge in [-0.2, -0.15) is 0 Å². The summed E-state index contributed by atoms with van der Waals surface area (Å²) in [5, 5.41) is 0. The molecule has 0 amide bonds. The van der Waals surface area contributed by atoms with Crippen molar-refractivity contribution >= 4 is 11.9 Å². The Bertz CT molecular complexity index is 871. The first-order chi connectivity index (χ1) is 11.2. The van der Waals surface area contributed by atoms with Crippen LogP contribution in [0.2, 0.25) is 0 Å². The molecular weight excluding hydrogens is 292 g/mol. The lowest BCUT2D eigenvalue weighted by Crippen LogP contribution is -2.62. The minimum Gasteiger partial charge on any atom is -0.393 e. The third-order valence-electron chi connectivity index (χ3n) is 5.64. The number of hydrogen-bond donors (Lipinski definition) is 0. The molecule has 23 heavy (non-hydrogen) atoms. The molecule has 2 unspecified atom stereocenters. The molecule has 1 aliphatic heterocycles. The number of fused-ring (bicyclic) bond motifs is 9. The van der Waals surface area contributed by atoms with Crippen molar-refractivity contribution in [3.8, 4) is 11.1 Å². The molecule has 4 heteroatoms. The summed E-state index contributed by atoms with van der Waals surface area (Å²) in [5.41, 5.74) is 3.39. The minimum absolute atomic E-state index is 0.178. The lowest BCUT2D eigenvalue weighted by molar-refractivity contribution is -0.188. The standard InChI is InChI=1S/C19H14O4/c1-22-19-13-9-5-4-7-11(13)10-6-2-3-8-12(10)15(19)14-16(19)18(21)23-17(14)20/h2-9,14-16H,1H3/t14-,15?,16+,19?/m1/s1. The van der Waals surface area contributed by atoms with Crippen LogP contribution in [-0.2, 0) is 24.7 Å². The zero-order valence-electron chi connectivity index (χ0n) is 12.5. The Kier molecular flexibility index (Phi) is 2.31. The van der Waals surface area contributed by atoms with Gasteiger partial charge in [0, 0.05) is 13.0 Å². The Morgan fingerprint density at radius 1 is 0.913 bits per heavy atom. The van der Waals surface area contributed by atoms with Gasteiger partial charge in [-0.05, 0) is 22.3 Å². The number of hydrogen-bond acceptors (Lipinski definition) is 4. The van der Waals surface area contributed by atoms with Gasteiger partial charge in [-0.3, -0.25) is 9.59 Å². The number of methoxy groups -OCH3 is 1. The summed E-state index contributed by atoms with van der Waals surface area (Å²) in [6, 6.07) is 16.0. The van der Waals surface area contributed by atoms with Crippen LogP contribution in [0.15, 0.2) is 48.5 Å². The Morgan fingerprint density at radius 3 is 2.39 bits per heavy atom. The number of cyclic esters (lactones) is 2. The first kappa shape index (κ1) is 13.0. The fourth-order valence-electron chi connectivity index (χ4n) is 4.82. The number of ether oxygens (including phenoxy) is 2. The second-order valence-electron chi connectivity index (χ2n) is 6.35. The summed E-state index contributed by atoms with van der Waals surface area (Å²) in [6.07, 6.45) is 0. The average Bonchev–Trinajstić information content (AvgIpc) is 2.80. The Balaban J connectivity index is 1.86. The minimum atomic E-state index is -0.807. The number of carbonyl (C=O) groups is 2. The lowest BCUT2D eigenvalue weighted by Gasteiger charge is -2.57. The van der Waals surface area contributed by atoms with Crippen molar-refractivity contribution in [3.63, 3.8) is 0 Å². The van der Waals surface area contributed by atoms with Crippen molar-refractivity contribution in [2.75, 3.05) is 7.11 Å². The summed E-state index contributed by atoms with van der Waals surface area (Å²) < 4.78 is 10.9. The van der Waals surface area contributed by atoms with Gasteiger partial charge in [0.05, 0.1) is 5.92 Å². The molecule has 2 fully saturated rings. The van der Waals surface area contributed by atoms with Crippen molar-refractivity contribution in [1.82, 2.24) is 0 Å². The molecule has 2 aromatic carbocycles. The highest BCUT2D eigenvalue weighted by atomic mass is 16.6. The molecule has 4 nitrogen and oxygen atoms in total. The van der Waals surface area contributed by atoms with E-state index in [4.69, 9.17) is 9.47 Å². The third kappa shape index (κ3) is 1.28. The molecule has 0 spiro atoms. The SMILES string of the molecule is COC12c3ccccc3-c3ccccc3C1[C@H]1C(=O)OC(=O)[C@H]12. The molecule has 0 N–H and O–H groups in total. The molecular formula is C19H14O4. The van der Waals surface area contributed by atoms with E-state index >= 15 is 0 Å². The van der Waals surface area contributed by atoms with Gasteiger partial charge in [-0.25, -0.2) is 0 Å². The van der Waals surface area contributed by atoms with Crippen LogP contribution < -0.4 is 0 Å². The first-order valence-electron chi connectivity index (χ1n) is 7.69. The van der Waals surface area contributed by atoms with Crippen LogP contribution in [0.25, 0.3) is 11.1 Å². The lowest BCUT2D eigenvalue weighted by atomic mass is 9.47. The monoisotopic (exact) mass is 306 g/mol. The first-order valence-corrected chi connectivity index (χ1v) is 7.69. The molecule has 4 atom stereocenters. The summed E-state index contributed by atoms with van der Waals surface area (Å²) in [5.74, 6) is -2.07. The molecule has 0 bridgehead atoms. The highest BCUT2D eigenvalue weighted by Crippen LogP contribution is 2.69. The highest BCUT2D eigenvalue weighted by molar-refractivity contribution is 6.02. The number of carbonyl (C=O) groups excluding carboxylic acids is 2. The molecule has 0 aromatic heterocycles. The third-order valence-corrected chi connectivity index (χ3v) is 5.64. The van der Waals surface area contributed by atoms with Gasteiger partial charge < -0.3 is 9.47 Å². The van der Waals surface area contributed by atoms with Crippen LogP contribution in [-0.4, -0.2) is 19.0 Å².